The topological polar surface area (TPSA) is 80.6 Å². The molecule has 7 nitrogen and oxygen atoms in total. The average Bonchev–Trinajstić information content (AvgIpc) is 3.60. The number of hydrogen-bond donors (Lipinski definition) is 1. The lowest BCUT2D eigenvalue weighted by molar-refractivity contribution is -0.137. The van der Waals surface area contributed by atoms with Crippen LogP contribution in [-0.2, 0) is 20.7 Å². The molecule has 2 saturated heterocycles. The summed E-state index contributed by atoms with van der Waals surface area (Å²) in [5.41, 5.74) is 1.92. The predicted octanol–water partition coefficient (Wildman–Crippen LogP) is 2.95. The van der Waals surface area contributed by atoms with Gasteiger partial charge in [0.05, 0.1) is 6.10 Å². The van der Waals surface area contributed by atoms with E-state index in [4.69, 9.17) is 4.74 Å². The van der Waals surface area contributed by atoms with Gasteiger partial charge in [-0.05, 0) is 35.1 Å². The number of fused-ring (bicyclic) bond motifs is 1. The number of rotatable bonds is 5. The number of benzene rings is 1. The molecule has 1 N–H and O–H groups in total. The van der Waals surface area contributed by atoms with Gasteiger partial charge in [0, 0.05) is 30.2 Å². The number of nitrogens with one attached hydrogen (secondary N) is 1. The predicted molar refractivity (Wildman–Crippen MR) is 120 cm³/mol. The van der Waals surface area contributed by atoms with Crippen molar-refractivity contribution in [3.8, 4) is 11.1 Å². The third kappa shape index (κ3) is 3.99. The van der Waals surface area contributed by atoms with E-state index in [2.05, 4.69) is 5.32 Å². The Labute approximate surface area is 189 Å². The molecule has 2 fully saturated rings. The lowest BCUT2D eigenvalue weighted by Crippen LogP contribution is -2.53. The quantitative estimate of drug-likeness (QED) is 0.650. The fourth-order valence-electron chi connectivity index (χ4n) is 4.42. The molecule has 0 spiro atoms. The number of aromatic nitrogens is 1. The number of carbonyl (C=O) groups excluding carboxylic acids is 3. The van der Waals surface area contributed by atoms with Gasteiger partial charge in [0.2, 0.25) is 5.91 Å². The lowest BCUT2D eigenvalue weighted by Gasteiger charge is -2.27. The molecule has 0 aliphatic carbocycles. The zero-order valence-electron chi connectivity index (χ0n) is 17.3. The molecule has 2 aromatic heterocycles. The van der Waals surface area contributed by atoms with E-state index in [0.717, 1.165) is 16.0 Å². The normalized spacial score (nSPS) is 20.9. The molecule has 4 heterocycles. The monoisotopic (exact) mass is 449 g/mol. The Balaban J connectivity index is 1.35. The van der Waals surface area contributed by atoms with Crippen molar-refractivity contribution in [2.24, 2.45) is 0 Å². The standard InChI is InChI=1S/C24H23N3O4S/c28-20-15-31-21-9-11-27(22(20)21)23(29)19(13-18-7-4-12-32-18)25-24(30)26-10-8-17(14-26)16-5-2-1-3-6-16/h1-8,10,12,14,19,21-22H,9,11,13,15H2,(H,25,30). The highest BCUT2D eigenvalue weighted by molar-refractivity contribution is 7.09. The van der Waals surface area contributed by atoms with Gasteiger partial charge in [0.25, 0.3) is 0 Å². The van der Waals surface area contributed by atoms with Gasteiger partial charge < -0.3 is 15.0 Å². The van der Waals surface area contributed by atoms with Crippen LogP contribution in [0.1, 0.15) is 11.3 Å². The second-order valence-electron chi connectivity index (χ2n) is 8.04. The molecule has 3 atom stereocenters. The fraction of sp³-hybridized carbons (Fsp3) is 0.292. The van der Waals surface area contributed by atoms with E-state index in [1.807, 2.05) is 53.9 Å². The van der Waals surface area contributed by atoms with Crippen LogP contribution >= 0.6 is 11.3 Å². The Morgan fingerprint density at radius 2 is 1.97 bits per heavy atom. The van der Waals surface area contributed by atoms with Crippen LogP contribution < -0.4 is 5.32 Å². The summed E-state index contributed by atoms with van der Waals surface area (Å²) in [6, 6.07) is 13.8. The summed E-state index contributed by atoms with van der Waals surface area (Å²) >= 11 is 1.54. The molecule has 3 aromatic rings. The highest BCUT2D eigenvalue weighted by Gasteiger charge is 2.48. The zero-order valence-corrected chi connectivity index (χ0v) is 18.2. The van der Waals surface area contributed by atoms with Crippen molar-refractivity contribution in [3.63, 3.8) is 0 Å². The molecule has 32 heavy (non-hydrogen) atoms. The highest BCUT2D eigenvalue weighted by Crippen LogP contribution is 2.28. The Kier molecular flexibility index (Phi) is 5.63. The van der Waals surface area contributed by atoms with Gasteiger partial charge in [-0.3, -0.25) is 14.2 Å². The van der Waals surface area contributed by atoms with Crippen LogP contribution in [0.15, 0.2) is 66.3 Å². The van der Waals surface area contributed by atoms with Gasteiger partial charge in [0.1, 0.15) is 18.7 Å². The van der Waals surface area contributed by atoms with Crippen LogP contribution in [0.3, 0.4) is 0 Å². The van der Waals surface area contributed by atoms with Crippen LogP contribution in [0.25, 0.3) is 11.1 Å². The highest BCUT2D eigenvalue weighted by atomic mass is 32.1. The number of likely N-dealkylation sites (tertiary alicyclic amines) is 1. The minimum absolute atomic E-state index is 0.0483. The molecule has 2 amide bonds. The maximum Gasteiger partial charge on any atom is 0.326 e. The molecule has 0 saturated carbocycles. The second-order valence-corrected chi connectivity index (χ2v) is 9.07. The van der Waals surface area contributed by atoms with Crippen LogP contribution in [0, 0.1) is 0 Å². The summed E-state index contributed by atoms with van der Waals surface area (Å²) in [4.78, 5) is 41.3. The molecule has 164 valence electrons. The average molecular weight is 450 g/mol. The van der Waals surface area contributed by atoms with E-state index in [1.54, 1.807) is 17.3 Å². The first-order valence-electron chi connectivity index (χ1n) is 10.6. The molecular weight excluding hydrogens is 426 g/mol. The molecule has 3 unspecified atom stereocenters. The minimum Gasteiger partial charge on any atom is -0.368 e. The summed E-state index contributed by atoms with van der Waals surface area (Å²) in [5.74, 6) is -0.312. The third-order valence-electron chi connectivity index (χ3n) is 6.01. The van der Waals surface area contributed by atoms with Crippen LogP contribution in [0.2, 0.25) is 0 Å². The van der Waals surface area contributed by atoms with E-state index < -0.39 is 12.1 Å². The molecule has 5 rings (SSSR count). The van der Waals surface area contributed by atoms with Crippen molar-refractivity contribution in [1.29, 1.82) is 0 Å². The maximum atomic E-state index is 13.5. The van der Waals surface area contributed by atoms with Gasteiger partial charge in [-0.25, -0.2) is 4.79 Å². The first-order chi connectivity index (χ1) is 15.6. The van der Waals surface area contributed by atoms with Crippen molar-refractivity contribution in [3.05, 3.63) is 71.2 Å². The first kappa shape index (κ1) is 20.7. The summed E-state index contributed by atoms with van der Waals surface area (Å²) in [5, 5.41) is 4.84. The number of ether oxygens (including phenoxy) is 1. The first-order valence-corrected chi connectivity index (χ1v) is 11.5. The van der Waals surface area contributed by atoms with E-state index in [1.165, 1.54) is 15.9 Å². The van der Waals surface area contributed by atoms with E-state index in [9.17, 15) is 14.4 Å². The summed E-state index contributed by atoms with van der Waals surface area (Å²) in [7, 11) is 0. The zero-order chi connectivity index (χ0) is 22.1. The fourth-order valence-corrected chi connectivity index (χ4v) is 5.17. The van der Waals surface area contributed by atoms with Crippen LogP contribution in [0.5, 0.6) is 0 Å². The maximum absolute atomic E-state index is 13.5. The van der Waals surface area contributed by atoms with E-state index in [-0.39, 0.29) is 30.4 Å². The van der Waals surface area contributed by atoms with Crippen LogP contribution in [-0.4, -0.2) is 58.5 Å². The number of Topliss-reactive ketones (excluding diaryl/α,β-unsaturated/α-hetero) is 1. The van der Waals surface area contributed by atoms with Crippen molar-refractivity contribution in [2.45, 2.75) is 31.0 Å². The molecular formula is C24H23N3O4S. The van der Waals surface area contributed by atoms with E-state index >= 15 is 0 Å². The Bertz CT molecular complexity index is 1130. The molecule has 0 radical (unpaired) electrons. The van der Waals surface area contributed by atoms with Gasteiger partial charge >= 0.3 is 6.03 Å². The molecule has 1 aromatic carbocycles. The molecule has 2 aliphatic heterocycles. The summed E-state index contributed by atoms with van der Waals surface area (Å²) < 4.78 is 6.97. The largest absolute Gasteiger partial charge is 0.368 e. The number of nitrogens with zero attached hydrogens (tertiary/aromatic N) is 2. The molecule has 8 heteroatoms. The van der Waals surface area contributed by atoms with Gasteiger partial charge in [-0.2, -0.15) is 0 Å². The Morgan fingerprint density at radius 1 is 1.12 bits per heavy atom. The van der Waals surface area contributed by atoms with Crippen LogP contribution in [0.4, 0.5) is 4.79 Å². The number of hydrogen-bond acceptors (Lipinski definition) is 5. The van der Waals surface area contributed by atoms with E-state index in [0.29, 0.717) is 19.4 Å². The summed E-state index contributed by atoms with van der Waals surface area (Å²) in [6.07, 6.45) is 4.21. The Morgan fingerprint density at radius 3 is 2.75 bits per heavy atom. The molecule has 0 bridgehead atoms. The third-order valence-corrected chi connectivity index (χ3v) is 6.91. The van der Waals surface area contributed by atoms with Gasteiger partial charge in [-0.15, -0.1) is 11.3 Å². The SMILES string of the molecule is O=C1COC2CCN(C(=O)C(Cc3cccs3)NC(=O)n3ccc(-c4ccccc4)c3)C12. The van der Waals surface area contributed by atoms with Crippen molar-refractivity contribution < 1.29 is 19.1 Å². The lowest BCUT2D eigenvalue weighted by atomic mass is 10.1. The second kappa shape index (κ2) is 8.72. The minimum atomic E-state index is -0.768. The van der Waals surface area contributed by atoms with Crippen molar-refractivity contribution in [1.82, 2.24) is 14.8 Å². The van der Waals surface area contributed by atoms with Gasteiger partial charge in [0.15, 0.2) is 5.78 Å². The van der Waals surface area contributed by atoms with Crippen molar-refractivity contribution in [2.75, 3.05) is 13.2 Å². The summed E-state index contributed by atoms with van der Waals surface area (Å²) in [6.45, 7) is 0.505. The number of ketones is 1. The number of thiophene rings is 1. The Hall–Kier alpha value is -3.23. The number of carbonyl (C=O) groups is 3. The molecule has 2 aliphatic rings. The van der Waals surface area contributed by atoms with Crippen molar-refractivity contribution >= 4 is 29.1 Å². The smallest absolute Gasteiger partial charge is 0.326 e. The number of amides is 2. The van der Waals surface area contributed by atoms with Gasteiger partial charge in [-0.1, -0.05) is 36.4 Å².